The van der Waals surface area contributed by atoms with Gasteiger partial charge in [0.1, 0.15) is 11.8 Å². The molecule has 1 atom stereocenters. The van der Waals surface area contributed by atoms with Gasteiger partial charge in [0.25, 0.3) is 0 Å². The van der Waals surface area contributed by atoms with E-state index in [1.54, 1.807) is 12.1 Å². The third kappa shape index (κ3) is 1.51. The maximum Gasteiger partial charge on any atom is 0.364 e. The Hall–Kier alpha value is -2.18. The van der Waals surface area contributed by atoms with Crippen LogP contribution < -0.4 is 5.63 Å². The molecule has 2 heterocycles. The molecule has 0 saturated carbocycles. The van der Waals surface area contributed by atoms with Crippen molar-refractivity contribution in [3.63, 3.8) is 0 Å². The first-order valence-corrected chi connectivity index (χ1v) is 5.41. The number of hydrogen-bond donors (Lipinski definition) is 3. The van der Waals surface area contributed by atoms with Gasteiger partial charge in [-0.2, -0.15) is 0 Å². The van der Waals surface area contributed by atoms with Crippen LogP contribution in [0.25, 0.3) is 22.4 Å². The third-order valence-electron chi connectivity index (χ3n) is 2.75. The molecule has 2 aliphatic heterocycles. The molecular formula is C12H10N2O4. The average Bonchev–Trinajstić information content (AvgIpc) is 2.72. The summed E-state index contributed by atoms with van der Waals surface area (Å²) >= 11 is 0. The highest BCUT2D eigenvalue weighted by Crippen LogP contribution is 2.27. The van der Waals surface area contributed by atoms with Gasteiger partial charge in [-0.15, -0.1) is 0 Å². The van der Waals surface area contributed by atoms with Crippen molar-refractivity contribution < 1.29 is 14.6 Å². The van der Waals surface area contributed by atoms with E-state index < -0.39 is 18.3 Å². The third-order valence-corrected chi connectivity index (χ3v) is 2.75. The molecule has 0 spiro atoms. The fourth-order valence-corrected chi connectivity index (χ4v) is 1.89. The molecule has 0 amide bonds. The number of fused-ring (bicyclic) bond motifs is 2. The zero-order valence-corrected chi connectivity index (χ0v) is 9.25. The summed E-state index contributed by atoms with van der Waals surface area (Å²) in [6, 6.07) is 7.20. The second-order valence-electron chi connectivity index (χ2n) is 3.93. The number of benzene rings is 1. The molecule has 1 unspecified atom stereocenters. The summed E-state index contributed by atoms with van der Waals surface area (Å²) in [5, 5.41) is 18.5. The molecular weight excluding hydrogens is 236 g/mol. The average molecular weight is 246 g/mol. The number of aromatic nitrogens is 2. The summed E-state index contributed by atoms with van der Waals surface area (Å²) in [6.07, 6.45) is -1.24. The number of H-pyrrole nitrogens is 1. The Kier molecular flexibility index (Phi) is 2.39. The molecule has 0 radical (unpaired) electrons. The van der Waals surface area contributed by atoms with Gasteiger partial charge in [0.15, 0.2) is 11.5 Å². The Labute approximate surface area is 101 Å². The Morgan fingerprint density at radius 3 is 2.94 bits per heavy atom. The van der Waals surface area contributed by atoms with Crippen LogP contribution in [0.2, 0.25) is 0 Å². The SMILES string of the molecule is O=c1oc(C(O)CO)c2[nH]c3ccccc3nc1-2. The van der Waals surface area contributed by atoms with Crippen LogP contribution in [0.1, 0.15) is 11.9 Å². The molecule has 92 valence electrons. The molecule has 6 nitrogen and oxygen atoms in total. The highest BCUT2D eigenvalue weighted by molar-refractivity contribution is 5.79. The van der Waals surface area contributed by atoms with E-state index in [0.29, 0.717) is 11.2 Å². The van der Waals surface area contributed by atoms with E-state index in [9.17, 15) is 9.90 Å². The molecule has 0 aromatic heterocycles. The largest absolute Gasteiger partial charge is 0.421 e. The lowest BCUT2D eigenvalue weighted by Crippen LogP contribution is -2.04. The predicted octanol–water partition coefficient (Wildman–Crippen LogP) is 0.647. The van der Waals surface area contributed by atoms with Gasteiger partial charge in [-0.25, -0.2) is 9.78 Å². The number of aromatic amines is 1. The number of nitrogens with zero attached hydrogens (tertiary/aromatic N) is 1. The van der Waals surface area contributed by atoms with Gasteiger partial charge >= 0.3 is 5.63 Å². The van der Waals surface area contributed by atoms with Crippen LogP contribution in [0.4, 0.5) is 0 Å². The molecule has 6 heteroatoms. The van der Waals surface area contributed by atoms with Crippen molar-refractivity contribution in [2.75, 3.05) is 6.61 Å². The van der Waals surface area contributed by atoms with Gasteiger partial charge in [-0.1, -0.05) is 12.1 Å². The van der Waals surface area contributed by atoms with Crippen molar-refractivity contribution in [2.24, 2.45) is 0 Å². The summed E-state index contributed by atoms with van der Waals surface area (Å²) in [5.41, 5.74) is 1.16. The molecule has 3 N–H and O–H groups in total. The minimum Gasteiger partial charge on any atom is -0.421 e. The number of rotatable bonds is 2. The van der Waals surface area contributed by atoms with Gasteiger partial charge in [0, 0.05) is 0 Å². The maximum atomic E-state index is 11.6. The van der Waals surface area contributed by atoms with Crippen molar-refractivity contribution in [1.29, 1.82) is 0 Å². The number of aliphatic hydroxyl groups excluding tert-OH is 2. The molecule has 0 bridgehead atoms. The highest BCUT2D eigenvalue weighted by Gasteiger charge is 2.25. The minimum absolute atomic E-state index is 0.00996. The second kappa shape index (κ2) is 3.94. The number of furan rings is 1. The molecule has 0 saturated heterocycles. The Morgan fingerprint density at radius 1 is 1.39 bits per heavy atom. The predicted molar refractivity (Wildman–Crippen MR) is 63.3 cm³/mol. The Morgan fingerprint density at radius 2 is 2.17 bits per heavy atom. The number of nitrogens with one attached hydrogen (secondary N) is 1. The molecule has 1 aromatic rings. The van der Waals surface area contributed by atoms with E-state index >= 15 is 0 Å². The first-order chi connectivity index (χ1) is 8.70. The fraction of sp³-hybridized carbons (Fsp3) is 0.167. The van der Waals surface area contributed by atoms with Crippen LogP contribution in [0.5, 0.6) is 0 Å². The fourth-order valence-electron chi connectivity index (χ4n) is 1.89. The van der Waals surface area contributed by atoms with Crippen LogP contribution in [-0.4, -0.2) is 26.8 Å². The molecule has 18 heavy (non-hydrogen) atoms. The molecule has 3 rings (SSSR count). The number of hydrogen-bond acceptors (Lipinski definition) is 5. The van der Waals surface area contributed by atoms with Crippen molar-refractivity contribution in [3.05, 3.63) is 40.4 Å². The van der Waals surface area contributed by atoms with E-state index in [2.05, 4.69) is 9.97 Å². The van der Waals surface area contributed by atoms with Crippen LogP contribution in [0.15, 0.2) is 33.5 Å². The first-order valence-electron chi connectivity index (χ1n) is 5.41. The molecule has 0 aliphatic carbocycles. The Bertz CT molecular complexity index is 731. The minimum atomic E-state index is -1.24. The van der Waals surface area contributed by atoms with Gasteiger partial charge in [0.2, 0.25) is 0 Å². The van der Waals surface area contributed by atoms with Crippen LogP contribution >= 0.6 is 0 Å². The summed E-state index contributed by atoms with van der Waals surface area (Å²) in [5.74, 6) is 0.00996. The standard InChI is InChI=1S/C12H10N2O4/c15-5-8(16)11-9-10(12(17)18-11)14-7-4-2-1-3-6(7)13-9/h1-4,8,13,15-16H,5H2. The maximum absolute atomic E-state index is 11.6. The molecule has 2 aliphatic rings. The van der Waals surface area contributed by atoms with Crippen LogP contribution in [0.3, 0.4) is 0 Å². The lowest BCUT2D eigenvalue weighted by Gasteiger charge is -2.06. The summed E-state index contributed by atoms with van der Waals surface area (Å²) < 4.78 is 4.93. The van der Waals surface area contributed by atoms with E-state index in [0.717, 1.165) is 5.52 Å². The van der Waals surface area contributed by atoms with E-state index in [4.69, 9.17) is 9.52 Å². The van der Waals surface area contributed by atoms with E-state index in [1.165, 1.54) is 0 Å². The van der Waals surface area contributed by atoms with Gasteiger partial charge < -0.3 is 19.6 Å². The van der Waals surface area contributed by atoms with Crippen molar-refractivity contribution in [2.45, 2.75) is 6.10 Å². The zero-order chi connectivity index (χ0) is 12.7. The summed E-state index contributed by atoms with van der Waals surface area (Å²) in [7, 11) is 0. The normalized spacial score (nSPS) is 13.2. The van der Waals surface area contributed by atoms with E-state index in [1.807, 2.05) is 12.1 Å². The molecule has 0 fully saturated rings. The van der Waals surface area contributed by atoms with Crippen LogP contribution in [-0.2, 0) is 0 Å². The quantitative estimate of drug-likeness (QED) is 0.616. The first kappa shape index (κ1) is 10.9. The second-order valence-corrected chi connectivity index (χ2v) is 3.93. The van der Waals surface area contributed by atoms with Gasteiger partial charge in [-0.3, -0.25) is 0 Å². The zero-order valence-electron chi connectivity index (χ0n) is 9.25. The highest BCUT2D eigenvalue weighted by atomic mass is 16.4. The van der Waals surface area contributed by atoms with Crippen molar-refractivity contribution in [3.8, 4) is 11.4 Å². The number of aliphatic hydroxyl groups is 2. The summed E-state index contributed by atoms with van der Waals surface area (Å²) in [6.45, 7) is -0.525. The monoisotopic (exact) mass is 246 g/mol. The van der Waals surface area contributed by atoms with Gasteiger partial charge in [-0.05, 0) is 12.1 Å². The van der Waals surface area contributed by atoms with Crippen LogP contribution in [0, 0.1) is 0 Å². The van der Waals surface area contributed by atoms with Gasteiger partial charge in [0.05, 0.1) is 17.6 Å². The van der Waals surface area contributed by atoms with E-state index in [-0.39, 0.29) is 11.5 Å². The molecule has 1 aromatic carbocycles. The smallest absolute Gasteiger partial charge is 0.364 e. The lowest BCUT2D eigenvalue weighted by atomic mass is 10.2. The topological polar surface area (TPSA) is 99.4 Å². The number of para-hydroxylation sites is 2. The Balaban J connectivity index is 2.36. The van der Waals surface area contributed by atoms with Crippen molar-refractivity contribution in [1.82, 2.24) is 9.97 Å². The summed E-state index contributed by atoms with van der Waals surface area (Å²) in [4.78, 5) is 18.8. The van der Waals surface area contributed by atoms with Crippen molar-refractivity contribution >= 4 is 11.0 Å². The lowest BCUT2D eigenvalue weighted by molar-refractivity contribution is 0.0770.